The van der Waals surface area contributed by atoms with Gasteiger partial charge >= 0.3 is 0 Å². The summed E-state index contributed by atoms with van der Waals surface area (Å²) in [6, 6.07) is 0.573. The molecule has 1 N–H and O–H groups in total. The largest absolute Gasteiger partial charge is 0.360 e. The second-order valence-electron chi connectivity index (χ2n) is 5.68. The van der Waals surface area contributed by atoms with Crippen molar-refractivity contribution in [3.63, 3.8) is 0 Å². The molecule has 2 aliphatic heterocycles. The van der Waals surface area contributed by atoms with Gasteiger partial charge in [-0.15, -0.1) is 0 Å². The van der Waals surface area contributed by atoms with Crippen molar-refractivity contribution in [2.45, 2.75) is 32.4 Å². The standard InChI is InChI=1S/C12H23N3O2S2/c1-10(2)13-12(18)15-6-4-14(5-7-15)11-3-8-19(16,17)9-11/h10-11H,3-9H2,1-2H3,(H,13,18)/t11-/m1/s1. The predicted molar refractivity (Wildman–Crippen MR) is 81.1 cm³/mol. The van der Waals surface area contributed by atoms with Gasteiger partial charge in [-0.25, -0.2) is 8.42 Å². The monoisotopic (exact) mass is 305 g/mol. The molecular weight excluding hydrogens is 282 g/mol. The molecule has 0 aromatic rings. The van der Waals surface area contributed by atoms with E-state index in [0.717, 1.165) is 37.7 Å². The zero-order valence-corrected chi connectivity index (χ0v) is 13.3. The summed E-state index contributed by atoms with van der Waals surface area (Å²) in [5, 5.41) is 4.07. The fraction of sp³-hybridized carbons (Fsp3) is 0.917. The second kappa shape index (κ2) is 5.93. The first-order valence-electron chi connectivity index (χ1n) is 6.87. The van der Waals surface area contributed by atoms with Crippen molar-refractivity contribution in [1.82, 2.24) is 15.1 Å². The molecule has 2 fully saturated rings. The van der Waals surface area contributed by atoms with Gasteiger partial charge in [0.25, 0.3) is 0 Å². The number of nitrogens with zero attached hydrogens (tertiary/aromatic N) is 2. The Bertz CT molecular complexity index is 428. The molecule has 0 spiro atoms. The predicted octanol–water partition coefficient (Wildman–Crippen LogP) is 0.0740. The highest BCUT2D eigenvalue weighted by Crippen LogP contribution is 2.19. The number of sulfone groups is 1. The molecule has 5 nitrogen and oxygen atoms in total. The quantitative estimate of drug-likeness (QED) is 0.729. The molecule has 0 radical (unpaired) electrons. The van der Waals surface area contributed by atoms with Crippen molar-refractivity contribution in [3.05, 3.63) is 0 Å². The van der Waals surface area contributed by atoms with Crippen LogP contribution in [0.4, 0.5) is 0 Å². The van der Waals surface area contributed by atoms with Crippen molar-refractivity contribution in [2.24, 2.45) is 0 Å². The van der Waals surface area contributed by atoms with Gasteiger partial charge in [-0.05, 0) is 32.5 Å². The van der Waals surface area contributed by atoms with Crippen LogP contribution in [0.2, 0.25) is 0 Å². The van der Waals surface area contributed by atoms with E-state index in [1.807, 2.05) is 0 Å². The topological polar surface area (TPSA) is 52.6 Å². The van der Waals surface area contributed by atoms with Crippen LogP contribution in [0.25, 0.3) is 0 Å². The van der Waals surface area contributed by atoms with Crippen molar-refractivity contribution in [2.75, 3.05) is 37.7 Å². The maximum Gasteiger partial charge on any atom is 0.169 e. The fourth-order valence-corrected chi connectivity index (χ4v) is 4.87. The molecule has 0 aromatic heterocycles. The number of hydrogen-bond acceptors (Lipinski definition) is 4. The number of nitrogens with one attached hydrogen (secondary N) is 1. The normalized spacial score (nSPS) is 27.7. The van der Waals surface area contributed by atoms with Crippen LogP contribution < -0.4 is 5.32 Å². The first-order valence-corrected chi connectivity index (χ1v) is 9.10. The molecule has 2 heterocycles. The van der Waals surface area contributed by atoms with Crippen LogP contribution in [-0.2, 0) is 9.84 Å². The Morgan fingerprint density at radius 3 is 2.37 bits per heavy atom. The average Bonchev–Trinajstić information content (AvgIpc) is 2.69. The molecule has 0 aliphatic carbocycles. The summed E-state index contributed by atoms with van der Waals surface area (Å²) in [5.41, 5.74) is 0. The van der Waals surface area contributed by atoms with Gasteiger partial charge < -0.3 is 10.2 Å². The van der Waals surface area contributed by atoms with Crippen LogP contribution in [0.5, 0.6) is 0 Å². The average molecular weight is 305 g/mol. The number of thiocarbonyl (C=S) groups is 1. The van der Waals surface area contributed by atoms with Gasteiger partial charge in [0.2, 0.25) is 0 Å². The van der Waals surface area contributed by atoms with Gasteiger partial charge in [0.15, 0.2) is 14.9 Å². The summed E-state index contributed by atoms with van der Waals surface area (Å²) in [6.45, 7) is 7.72. The Morgan fingerprint density at radius 1 is 1.26 bits per heavy atom. The Hall–Kier alpha value is -0.400. The van der Waals surface area contributed by atoms with Crippen molar-refractivity contribution in [1.29, 1.82) is 0 Å². The molecule has 0 aromatic carbocycles. The van der Waals surface area contributed by atoms with Gasteiger partial charge in [0.05, 0.1) is 11.5 Å². The zero-order valence-electron chi connectivity index (χ0n) is 11.6. The third-order valence-corrected chi connectivity index (χ3v) is 5.86. The van der Waals surface area contributed by atoms with Gasteiger partial charge in [-0.1, -0.05) is 0 Å². The minimum Gasteiger partial charge on any atom is -0.360 e. The Balaban J connectivity index is 1.81. The van der Waals surface area contributed by atoms with Crippen LogP contribution in [-0.4, -0.2) is 73.1 Å². The van der Waals surface area contributed by atoms with Crippen LogP contribution in [0, 0.1) is 0 Å². The van der Waals surface area contributed by atoms with Crippen LogP contribution in [0.3, 0.4) is 0 Å². The third kappa shape index (κ3) is 4.03. The lowest BCUT2D eigenvalue weighted by Crippen LogP contribution is -2.55. The Morgan fingerprint density at radius 2 is 1.89 bits per heavy atom. The minimum absolute atomic E-state index is 0.221. The van der Waals surface area contributed by atoms with Gasteiger partial charge in [0.1, 0.15) is 0 Å². The van der Waals surface area contributed by atoms with E-state index in [2.05, 4.69) is 29.0 Å². The maximum absolute atomic E-state index is 11.5. The van der Waals surface area contributed by atoms with Crippen molar-refractivity contribution < 1.29 is 8.42 Å². The van der Waals surface area contributed by atoms with Crippen molar-refractivity contribution >= 4 is 27.2 Å². The van der Waals surface area contributed by atoms with Crippen LogP contribution >= 0.6 is 12.2 Å². The highest BCUT2D eigenvalue weighted by atomic mass is 32.2. The summed E-state index contributed by atoms with van der Waals surface area (Å²) in [6.07, 6.45) is 0.789. The van der Waals surface area contributed by atoms with Crippen LogP contribution in [0.1, 0.15) is 20.3 Å². The van der Waals surface area contributed by atoms with E-state index >= 15 is 0 Å². The number of piperazine rings is 1. The van der Waals surface area contributed by atoms with Gasteiger partial charge in [0, 0.05) is 38.3 Å². The maximum atomic E-state index is 11.5. The summed E-state index contributed by atoms with van der Waals surface area (Å²) in [7, 11) is -2.78. The zero-order chi connectivity index (χ0) is 14.0. The molecule has 2 rings (SSSR count). The highest BCUT2D eigenvalue weighted by molar-refractivity contribution is 7.91. The minimum atomic E-state index is -2.78. The SMILES string of the molecule is CC(C)NC(=S)N1CCN([C@@H]2CCS(=O)(=O)C2)CC1. The van der Waals surface area contributed by atoms with E-state index < -0.39 is 9.84 Å². The molecule has 0 saturated carbocycles. The number of hydrogen-bond donors (Lipinski definition) is 1. The van der Waals surface area contributed by atoms with Gasteiger partial charge in [-0.2, -0.15) is 0 Å². The molecule has 7 heteroatoms. The smallest absolute Gasteiger partial charge is 0.169 e. The number of rotatable bonds is 2. The first kappa shape index (κ1) is 15.0. The van der Waals surface area contributed by atoms with E-state index in [1.165, 1.54) is 0 Å². The Kier molecular flexibility index (Phi) is 4.68. The molecule has 0 unspecified atom stereocenters. The van der Waals surface area contributed by atoms with Crippen molar-refractivity contribution in [3.8, 4) is 0 Å². The van der Waals surface area contributed by atoms with E-state index in [1.54, 1.807) is 0 Å². The molecule has 2 saturated heterocycles. The lowest BCUT2D eigenvalue weighted by Gasteiger charge is -2.39. The summed E-state index contributed by atoms with van der Waals surface area (Å²) in [4.78, 5) is 4.48. The molecule has 0 bridgehead atoms. The lowest BCUT2D eigenvalue weighted by atomic mass is 10.2. The summed E-state index contributed by atoms with van der Waals surface area (Å²) >= 11 is 5.36. The lowest BCUT2D eigenvalue weighted by molar-refractivity contribution is 0.142. The summed E-state index contributed by atoms with van der Waals surface area (Å²) in [5.74, 6) is 0.687. The highest BCUT2D eigenvalue weighted by Gasteiger charge is 2.33. The third-order valence-electron chi connectivity index (χ3n) is 3.74. The molecule has 110 valence electrons. The van der Waals surface area contributed by atoms with E-state index in [4.69, 9.17) is 12.2 Å². The fourth-order valence-electron chi connectivity index (χ4n) is 2.69. The Labute approximate surface area is 121 Å². The second-order valence-corrected chi connectivity index (χ2v) is 8.30. The van der Waals surface area contributed by atoms with Gasteiger partial charge in [-0.3, -0.25) is 4.90 Å². The summed E-state index contributed by atoms with van der Waals surface area (Å²) < 4.78 is 23.0. The van der Waals surface area contributed by atoms with Crippen LogP contribution in [0.15, 0.2) is 0 Å². The molecule has 0 amide bonds. The van der Waals surface area contributed by atoms with E-state index in [0.29, 0.717) is 17.5 Å². The molecule has 2 aliphatic rings. The molecule has 1 atom stereocenters. The van der Waals surface area contributed by atoms with E-state index in [-0.39, 0.29) is 6.04 Å². The molecular formula is C12H23N3O2S2. The molecule has 19 heavy (non-hydrogen) atoms. The van der Waals surface area contributed by atoms with E-state index in [9.17, 15) is 8.42 Å². The first-order chi connectivity index (χ1) is 8.87.